The highest BCUT2D eigenvalue weighted by Crippen LogP contribution is 2.39. The molecule has 0 spiro atoms. The van der Waals surface area contributed by atoms with Gasteiger partial charge in [0.05, 0.1) is 22.8 Å². The number of pyridine rings is 4. The molecule has 88 heavy (non-hydrogen) atoms. The first-order valence-corrected chi connectivity index (χ1v) is 29.8. The zero-order chi connectivity index (χ0) is 58.1. The van der Waals surface area contributed by atoms with Crippen LogP contribution in [0.25, 0.3) is 157 Å². The van der Waals surface area contributed by atoms with Gasteiger partial charge in [0, 0.05) is 163 Å². The van der Waals surface area contributed by atoms with Crippen LogP contribution in [-0.2, 0) is 0 Å². The van der Waals surface area contributed by atoms with Crippen LogP contribution in [0.2, 0.25) is 0 Å². The van der Waals surface area contributed by atoms with E-state index < -0.39 is 0 Å². The first kappa shape index (κ1) is 50.5. The summed E-state index contributed by atoms with van der Waals surface area (Å²) in [6.45, 7) is 0. The van der Waals surface area contributed by atoms with E-state index in [1.165, 1.54) is 21.5 Å². The van der Waals surface area contributed by atoms with Crippen molar-refractivity contribution in [2.75, 3.05) is 0 Å². The molecular formula is C80H54N8+4. The third-order valence-corrected chi connectivity index (χ3v) is 17.3. The number of hydrogen-bond donors (Lipinski definition) is 2. The van der Waals surface area contributed by atoms with Crippen LogP contribution in [0.5, 0.6) is 0 Å². The monoisotopic (exact) mass is 1130 g/mol. The van der Waals surface area contributed by atoms with Gasteiger partial charge in [0.15, 0.2) is 24.8 Å². The average molecular weight is 1130 g/mol. The van der Waals surface area contributed by atoms with Gasteiger partial charge in [-0.15, -0.1) is 0 Å². The van der Waals surface area contributed by atoms with E-state index in [2.05, 4.69) is 344 Å². The van der Waals surface area contributed by atoms with Crippen molar-refractivity contribution >= 4 is 90.0 Å². The van der Waals surface area contributed by atoms with Crippen LogP contribution in [0, 0.1) is 0 Å². The maximum absolute atomic E-state index is 5.70. The molecule has 0 aliphatic carbocycles. The van der Waals surface area contributed by atoms with Crippen molar-refractivity contribution in [2.24, 2.45) is 0 Å². The fourth-order valence-corrected chi connectivity index (χ4v) is 13.1. The molecule has 9 heterocycles. The van der Waals surface area contributed by atoms with Crippen molar-refractivity contribution < 1.29 is 18.3 Å². The predicted molar refractivity (Wildman–Crippen MR) is 357 cm³/mol. The van der Waals surface area contributed by atoms with E-state index in [9.17, 15) is 0 Å². The number of nitrogens with one attached hydrogen (secondary N) is 2. The maximum Gasteiger partial charge on any atom is 0.218 e. The minimum absolute atomic E-state index is 0.844. The molecule has 0 radical (unpaired) electrons. The Balaban J connectivity index is 0.913. The van der Waals surface area contributed by atoms with Crippen LogP contribution in [0.4, 0.5) is 0 Å². The quantitative estimate of drug-likeness (QED) is 0.149. The van der Waals surface area contributed by atoms with Gasteiger partial charge in [-0.25, -0.2) is 9.97 Å². The molecule has 0 amide bonds. The van der Waals surface area contributed by atoms with Crippen molar-refractivity contribution in [3.8, 4) is 67.3 Å². The van der Waals surface area contributed by atoms with Gasteiger partial charge in [0.1, 0.15) is 0 Å². The van der Waals surface area contributed by atoms with Crippen LogP contribution in [0.3, 0.4) is 0 Å². The highest BCUT2D eigenvalue weighted by Gasteiger charge is 2.23. The summed E-state index contributed by atoms with van der Waals surface area (Å²) in [5.74, 6) is 0. The molecule has 2 aliphatic heterocycles. The SMILES string of the molecule is C1=Cc2nc1c(-c1ccc(-[n+]3cccc4ccccc43)cc1)c1ccc([nH]1)c(-c1ccc(-[n+]3cccc4ccccc43)cc1)c1nc(c(-c3ccc(-[n+]4cccc5ccccc54)cc3)c3ccc([nH]3)c2-c2ccc(-[n+]3cccc4ccccc43)cc2)C=C1. The highest BCUT2D eigenvalue weighted by atomic mass is 15.0. The lowest BCUT2D eigenvalue weighted by Gasteiger charge is -2.08. The standard InChI is InChI=1S/C80H54N8/c1-5-21-73-53(13-1)17-9-49-85(73)61-33-25-57(26-34-61)77-65-41-43-67(81-65)78(58-27-35-62(36-28-58)86-50-10-18-54-14-2-6-22-74(54)86)69-45-47-71(83-69)80(60-31-39-64(40-32-60)88-52-12-20-56-16-4-8-24-76(56)88)72-48-46-70(84-72)79(68-44-42-66(77)82-68)59-29-37-63(38-30-59)87-51-11-19-55-15-3-7-23-75(55)87/h1-52,81,84H/q+4. The Morgan fingerprint density at radius 1 is 0.216 bits per heavy atom. The van der Waals surface area contributed by atoms with Crippen LogP contribution < -0.4 is 18.3 Å². The van der Waals surface area contributed by atoms with Crippen LogP contribution in [-0.4, -0.2) is 19.9 Å². The number of aromatic amines is 2. The smallest absolute Gasteiger partial charge is 0.218 e. The molecule has 2 aliphatic rings. The molecule has 0 saturated carbocycles. The van der Waals surface area contributed by atoms with Gasteiger partial charge in [0.25, 0.3) is 0 Å². The molecule has 8 bridgehead atoms. The van der Waals surface area contributed by atoms with Gasteiger partial charge in [-0.1, -0.05) is 48.5 Å². The van der Waals surface area contributed by atoms with E-state index in [4.69, 9.17) is 9.97 Å². The summed E-state index contributed by atoms with van der Waals surface area (Å²) < 4.78 is 9.00. The summed E-state index contributed by atoms with van der Waals surface area (Å²) >= 11 is 0. The summed E-state index contributed by atoms with van der Waals surface area (Å²) in [4.78, 5) is 19.4. The molecule has 0 atom stereocenters. The van der Waals surface area contributed by atoms with Gasteiger partial charge in [0.2, 0.25) is 44.8 Å². The number of aromatic nitrogens is 8. The van der Waals surface area contributed by atoms with Crippen LogP contribution in [0.15, 0.2) is 292 Å². The molecule has 17 rings (SSSR count). The number of nitrogens with zero attached hydrogens (tertiary/aromatic N) is 6. The normalized spacial score (nSPS) is 12.0. The molecule has 410 valence electrons. The Morgan fingerprint density at radius 3 is 0.670 bits per heavy atom. The molecule has 8 aromatic carbocycles. The molecule has 0 unspecified atom stereocenters. The zero-order valence-electron chi connectivity index (χ0n) is 47.7. The van der Waals surface area contributed by atoms with Crippen molar-refractivity contribution in [1.82, 2.24) is 19.9 Å². The Bertz CT molecular complexity index is 4840. The lowest BCUT2D eigenvalue weighted by molar-refractivity contribution is -0.567. The maximum atomic E-state index is 5.70. The van der Waals surface area contributed by atoms with Gasteiger partial charge >= 0.3 is 0 Å². The molecule has 0 fully saturated rings. The number of para-hydroxylation sites is 4. The lowest BCUT2D eigenvalue weighted by Crippen LogP contribution is -2.30. The lowest BCUT2D eigenvalue weighted by atomic mass is 10.0. The number of benzene rings is 8. The highest BCUT2D eigenvalue weighted by molar-refractivity contribution is 6.00. The summed E-state index contributed by atoms with van der Waals surface area (Å²) in [6.07, 6.45) is 17.2. The molecule has 8 nitrogen and oxygen atoms in total. The summed E-state index contributed by atoms with van der Waals surface area (Å²) in [7, 11) is 0. The van der Waals surface area contributed by atoms with Crippen molar-refractivity contribution in [1.29, 1.82) is 0 Å². The van der Waals surface area contributed by atoms with E-state index in [0.29, 0.717) is 0 Å². The number of H-pyrrole nitrogens is 2. The van der Waals surface area contributed by atoms with Crippen molar-refractivity contribution in [3.05, 3.63) is 314 Å². The third kappa shape index (κ3) is 8.77. The van der Waals surface area contributed by atoms with Gasteiger partial charge in [-0.3, -0.25) is 0 Å². The Morgan fingerprint density at radius 2 is 0.432 bits per heavy atom. The van der Waals surface area contributed by atoms with E-state index in [1.54, 1.807) is 0 Å². The summed E-state index contributed by atoms with van der Waals surface area (Å²) in [5.41, 5.74) is 23.9. The van der Waals surface area contributed by atoms with E-state index in [0.717, 1.165) is 134 Å². The Kier molecular flexibility index (Phi) is 12.0. The predicted octanol–water partition coefficient (Wildman–Crippen LogP) is 17.0. The first-order valence-electron chi connectivity index (χ1n) is 29.8. The fourth-order valence-electron chi connectivity index (χ4n) is 13.1. The number of rotatable bonds is 8. The molecule has 0 saturated heterocycles. The largest absolute Gasteiger partial charge is 0.354 e. The fraction of sp³-hybridized carbons (Fsp3) is 0. The van der Waals surface area contributed by atoms with Crippen LogP contribution >= 0.6 is 0 Å². The van der Waals surface area contributed by atoms with E-state index in [1.807, 2.05) is 0 Å². The van der Waals surface area contributed by atoms with E-state index >= 15 is 0 Å². The molecular weight excluding hydrogens is 1070 g/mol. The Hall–Kier alpha value is -12.0. The van der Waals surface area contributed by atoms with E-state index in [-0.39, 0.29) is 0 Å². The average Bonchev–Trinajstić information content (AvgIpc) is 3.04. The van der Waals surface area contributed by atoms with Gasteiger partial charge in [-0.2, -0.15) is 18.3 Å². The van der Waals surface area contributed by atoms with Crippen molar-refractivity contribution in [2.45, 2.75) is 0 Å². The second kappa shape index (κ2) is 21.0. The molecule has 7 aromatic heterocycles. The zero-order valence-corrected chi connectivity index (χ0v) is 47.7. The summed E-state index contributed by atoms with van der Waals surface area (Å²) in [6, 6.07) is 95.4. The molecule has 2 N–H and O–H groups in total. The second-order valence-corrected chi connectivity index (χ2v) is 22.4. The topological polar surface area (TPSA) is 72.9 Å². The molecule has 8 heteroatoms. The first-order chi connectivity index (χ1) is 43.6. The number of fused-ring (bicyclic) bond motifs is 12. The van der Waals surface area contributed by atoms with Gasteiger partial charge < -0.3 is 9.97 Å². The Labute approximate surface area is 507 Å². The minimum Gasteiger partial charge on any atom is -0.354 e. The minimum atomic E-state index is 0.844. The molecule has 15 aromatic rings. The van der Waals surface area contributed by atoms with Crippen molar-refractivity contribution in [3.63, 3.8) is 0 Å². The van der Waals surface area contributed by atoms with Crippen LogP contribution in [0.1, 0.15) is 22.8 Å². The number of hydrogen-bond acceptors (Lipinski definition) is 2. The third-order valence-electron chi connectivity index (χ3n) is 17.3. The summed E-state index contributed by atoms with van der Waals surface area (Å²) in [5, 5.41) is 4.71. The van der Waals surface area contributed by atoms with Gasteiger partial charge in [-0.05, 0) is 168 Å². The second-order valence-electron chi connectivity index (χ2n) is 22.4.